The lowest BCUT2D eigenvalue weighted by molar-refractivity contribution is 0.0232. The molecule has 2 amide bonds. The zero-order valence-corrected chi connectivity index (χ0v) is 19.2. The van der Waals surface area contributed by atoms with E-state index in [1.54, 1.807) is 6.20 Å². The molecule has 0 saturated carbocycles. The van der Waals surface area contributed by atoms with Crippen molar-refractivity contribution in [3.05, 3.63) is 65.6 Å². The number of amides is 2. The summed E-state index contributed by atoms with van der Waals surface area (Å²) >= 11 is 0. The second-order valence-electron chi connectivity index (χ2n) is 8.22. The minimum absolute atomic E-state index is 0.141. The first-order valence-electron chi connectivity index (χ1n) is 11.6. The van der Waals surface area contributed by atoms with Crippen LogP contribution in [0.25, 0.3) is 11.4 Å². The second-order valence-corrected chi connectivity index (χ2v) is 8.22. The number of carbonyl (C=O) groups is 1. The van der Waals surface area contributed by atoms with Crippen molar-refractivity contribution in [2.24, 2.45) is 0 Å². The maximum Gasteiger partial charge on any atom is 0.319 e. The van der Waals surface area contributed by atoms with Crippen molar-refractivity contribution >= 4 is 17.5 Å². The van der Waals surface area contributed by atoms with E-state index < -0.39 is 0 Å². The lowest BCUT2D eigenvalue weighted by Crippen LogP contribution is -2.38. The first kappa shape index (κ1) is 22.2. The van der Waals surface area contributed by atoms with Crippen molar-refractivity contribution in [2.45, 2.75) is 26.1 Å². The van der Waals surface area contributed by atoms with Crippen LogP contribution in [-0.4, -0.2) is 53.8 Å². The van der Waals surface area contributed by atoms with E-state index >= 15 is 0 Å². The fraction of sp³-hybridized carbons (Fsp3) is 0.360. The minimum atomic E-state index is -0.226. The van der Waals surface area contributed by atoms with Gasteiger partial charge < -0.3 is 25.0 Å². The van der Waals surface area contributed by atoms with E-state index in [0.717, 1.165) is 41.4 Å². The van der Waals surface area contributed by atoms with Crippen LogP contribution in [-0.2, 0) is 22.5 Å². The van der Waals surface area contributed by atoms with Crippen LogP contribution in [0, 0.1) is 0 Å². The highest BCUT2D eigenvalue weighted by molar-refractivity contribution is 5.89. The van der Waals surface area contributed by atoms with Crippen LogP contribution >= 0.6 is 0 Å². The second kappa shape index (κ2) is 10.1. The number of nitrogens with one attached hydrogen (secondary N) is 2. The average Bonchev–Trinajstić information content (AvgIpc) is 2.89. The molecule has 2 aliphatic rings. The Bertz CT molecular complexity index is 1130. The lowest BCUT2D eigenvalue weighted by atomic mass is 10.0. The van der Waals surface area contributed by atoms with Gasteiger partial charge in [-0.2, -0.15) is 0 Å². The summed E-state index contributed by atoms with van der Waals surface area (Å²) in [6, 6.07) is 13.2. The van der Waals surface area contributed by atoms with Gasteiger partial charge in [-0.25, -0.2) is 14.8 Å². The van der Waals surface area contributed by atoms with E-state index in [4.69, 9.17) is 19.4 Å². The number of carbonyl (C=O) groups excluding carboxylic acids is 1. The Labute approximate surface area is 198 Å². The number of pyridine rings is 1. The molecule has 176 valence electrons. The Kier molecular flexibility index (Phi) is 6.64. The van der Waals surface area contributed by atoms with Crippen LogP contribution in [0.1, 0.15) is 30.0 Å². The van der Waals surface area contributed by atoms with Gasteiger partial charge in [-0.3, -0.25) is 4.98 Å². The molecule has 1 atom stereocenters. The number of ether oxygens (including phenoxy) is 2. The van der Waals surface area contributed by atoms with Gasteiger partial charge >= 0.3 is 6.03 Å². The highest BCUT2D eigenvalue weighted by atomic mass is 16.5. The van der Waals surface area contributed by atoms with Crippen molar-refractivity contribution in [2.75, 3.05) is 43.1 Å². The summed E-state index contributed by atoms with van der Waals surface area (Å²) in [6.07, 6.45) is 2.28. The number of nitrogens with zero attached hydrogens (tertiary/aromatic N) is 4. The quantitative estimate of drug-likeness (QED) is 0.602. The molecule has 2 aliphatic heterocycles. The van der Waals surface area contributed by atoms with E-state index in [1.807, 2.05) is 49.4 Å². The van der Waals surface area contributed by atoms with Gasteiger partial charge in [0.1, 0.15) is 11.9 Å². The Morgan fingerprint density at radius 3 is 2.68 bits per heavy atom. The number of rotatable bonds is 5. The predicted molar refractivity (Wildman–Crippen MR) is 129 cm³/mol. The Morgan fingerprint density at radius 2 is 1.94 bits per heavy atom. The number of fused-ring (bicyclic) bond motifs is 1. The molecule has 0 bridgehead atoms. The smallest absolute Gasteiger partial charge is 0.319 e. The summed E-state index contributed by atoms with van der Waals surface area (Å²) in [6.45, 7) is 5.80. The van der Waals surface area contributed by atoms with Crippen LogP contribution in [0.4, 0.5) is 16.3 Å². The topological polar surface area (TPSA) is 102 Å². The van der Waals surface area contributed by atoms with Crippen molar-refractivity contribution < 1.29 is 14.3 Å². The molecule has 2 N–H and O–H groups in total. The molecule has 1 saturated heterocycles. The van der Waals surface area contributed by atoms with Crippen LogP contribution in [0.2, 0.25) is 0 Å². The number of hydrogen-bond acceptors (Lipinski definition) is 7. The molecule has 0 radical (unpaired) electrons. The SMILES string of the molecule is CCNC(=O)Nc1ccc(-c2nc3c(c(N4CCOCC4)n2)COC(c2ccccn2)C3)cc1. The van der Waals surface area contributed by atoms with Crippen molar-refractivity contribution in [3.8, 4) is 11.4 Å². The van der Waals surface area contributed by atoms with E-state index in [1.165, 1.54) is 0 Å². The summed E-state index contributed by atoms with van der Waals surface area (Å²) < 4.78 is 11.7. The summed E-state index contributed by atoms with van der Waals surface area (Å²) in [5, 5.41) is 5.55. The molecule has 9 heteroatoms. The van der Waals surface area contributed by atoms with Gasteiger partial charge in [-0.05, 0) is 43.3 Å². The third-order valence-corrected chi connectivity index (χ3v) is 5.95. The molecular formula is C25H28N6O3. The molecule has 2 aromatic heterocycles. The first-order chi connectivity index (χ1) is 16.7. The fourth-order valence-corrected chi connectivity index (χ4v) is 4.21. The van der Waals surface area contributed by atoms with Crippen LogP contribution in [0.15, 0.2) is 48.7 Å². The summed E-state index contributed by atoms with van der Waals surface area (Å²) in [5.41, 5.74) is 4.52. The Morgan fingerprint density at radius 1 is 1.12 bits per heavy atom. The zero-order chi connectivity index (χ0) is 23.3. The molecule has 1 unspecified atom stereocenters. The first-order valence-corrected chi connectivity index (χ1v) is 11.6. The number of benzene rings is 1. The molecule has 3 aromatic rings. The highest BCUT2D eigenvalue weighted by Crippen LogP contribution is 2.35. The molecular weight excluding hydrogens is 432 g/mol. The van der Waals surface area contributed by atoms with Crippen LogP contribution in [0.5, 0.6) is 0 Å². The Balaban J connectivity index is 1.47. The van der Waals surface area contributed by atoms with Gasteiger partial charge in [0.2, 0.25) is 0 Å². The summed E-state index contributed by atoms with van der Waals surface area (Å²) in [4.78, 5) is 28.5. The third kappa shape index (κ3) is 4.85. The standard InChI is InChI=1S/C25H28N6O3/c1-2-26-25(32)28-18-8-6-17(7-9-18)23-29-21-15-22(20-5-3-4-10-27-20)34-16-19(21)24(30-23)31-11-13-33-14-12-31/h3-10,22H,2,11-16H2,1H3,(H2,26,28,32). The fourth-order valence-electron chi connectivity index (χ4n) is 4.21. The van der Waals surface area contributed by atoms with E-state index in [-0.39, 0.29) is 12.1 Å². The molecule has 1 aromatic carbocycles. The lowest BCUT2D eigenvalue weighted by Gasteiger charge is -2.33. The molecule has 9 nitrogen and oxygen atoms in total. The predicted octanol–water partition coefficient (Wildman–Crippen LogP) is 3.33. The van der Waals surface area contributed by atoms with E-state index in [2.05, 4.69) is 20.5 Å². The molecule has 5 rings (SSSR count). The van der Waals surface area contributed by atoms with Gasteiger partial charge in [0.25, 0.3) is 0 Å². The van der Waals surface area contributed by atoms with Gasteiger partial charge in [0.15, 0.2) is 5.82 Å². The zero-order valence-electron chi connectivity index (χ0n) is 19.2. The van der Waals surface area contributed by atoms with Crippen LogP contribution < -0.4 is 15.5 Å². The average molecular weight is 461 g/mol. The van der Waals surface area contributed by atoms with E-state index in [0.29, 0.717) is 44.3 Å². The largest absolute Gasteiger partial charge is 0.378 e. The molecule has 1 fully saturated rings. The number of aromatic nitrogens is 3. The number of hydrogen-bond donors (Lipinski definition) is 2. The number of urea groups is 1. The Hall–Kier alpha value is -3.56. The number of anilines is 2. The summed E-state index contributed by atoms with van der Waals surface area (Å²) in [7, 11) is 0. The van der Waals surface area contributed by atoms with Gasteiger partial charge in [0.05, 0.1) is 31.2 Å². The van der Waals surface area contributed by atoms with Gasteiger partial charge in [0, 0.05) is 49.1 Å². The minimum Gasteiger partial charge on any atom is -0.378 e. The van der Waals surface area contributed by atoms with Gasteiger partial charge in [-0.1, -0.05) is 6.07 Å². The molecule has 4 heterocycles. The summed E-state index contributed by atoms with van der Waals surface area (Å²) in [5.74, 6) is 1.57. The molecule has 0 spiro atoms. The normalized spacial score (nSPS) is 17.7. The molecule has 0 aliphatic carbocycles. The number of morpholine rings is 1. The highest BCUT2D eigenvalue weighted by Gasteiger charge is 2.29. The van der Waals surface area contributed by atoms with Crippen molar-refractivity contribution in [3.63, 3.8) is 0 Å². The van der Waals surface area contributed by atoms with Crippen LogP contribution in [0.3, 0.4) is 0 Å². The third-order valence-electron chi connectivity index (χ3n) is 5.95. The van der Waals surface area contributed by atoms with Gasteiger partial charge in [-0.15, -0.1) is 0 Å². The monoisotopic (exact) mass is 460 g/mol. The van der Waals surface area contributed by atoms with Crippen molar-refractivity contribution in [1.82, 2.24) is 20.3 Å². The maximum atomic E-state index is 11.8. The maximum absolute atomic E-state index is 11.8. The molecule has 34 heavy (non-hydrogen) atoms. The van der Waals surface area contributed by atoms with Crippen molar-refractivity contribution in [1.29, 1.82) is 0 Å². The van der Waals surface area contributed by atoms with E-state index in [9.17, 15) is 4.79 Å².